The summed E-state index contributed by atoms with van der Waals surface area (Å²) in [6.45, 7) is 2.17. The molecule has 78 valence electrons. The maximum Gasteiger partial charge on any atom is -0.0204 e. The molecule has 0 radical (unpaired) electrons. The van der Waals surface area contributed by atoms with Crippen molar-refractivity contribution < 1.29 is 0 Å². The molecule has 3 rings (SSSR count). The van der Waals surface area contributed by atoms with Crippen LogP contribution in [0.25, 0.3) is 0 Å². The van der Waals surface area contributed by atoms with Gasteiger partial charge in [-0.3, -0.25) is 0 Å². The van der Waals surface area contributed by atoms with Crippen LogP contribution in [0.5, 0.6) is 0 Å². The summed E-state index contributed by atoms with van der Waals surface area (Å²) in [5, 5.41) is 0. The van der Waals surface area contributed by atoms with Gasteiger partial charge < -0.3 is 0 Å². The van der Waals surface area contributed by atoms with Crippen molar-refractivity contribution in [2.45, 2.75) is 58.3 Å². The van der Waals surface area contributed by atoms with E-state index in [0.29, 0.717) is 0 Å². The molecule has 0 aromatic rings. The zero-order valence-electron chi connectivity index (χ0n) is 9.39. The number of allylic oxidation sites excluding steroid dienone is 2. The van der Waals surface area contributed by atoms with Gasteiger partial charge >= 0.3 is 0 Å². The highest BCUT2D eigenvalue weighted by Crippen LogP contribution is 2.79. The summed E-state index contributed by atoms with van der Waals surface area (Å²) in [5.74, 6) is 1.16. The number of fused-ring (bicyclic) bond motifs is 1. The fourth-order valence-electron chi connectivity index (χ4n) is 4.50. The minimum absolute atomic E-state index is 0.766. The summed E-state index contributed by atoms with van der Waals surface area (Å²) in [7, 11) is 0. The van der Waals surface area contributed by atoms with Gasteiger partial charge in [-0.1, -0.05) is 25.0 Å². The molecule has 3 saturated carbocycles. The van der Waals surface area contributed by atoms with Crippen LogP contribution in [-0.2, 0) is 0 Å². The Morgan fingerprint density at radius 3 is 2.43 bits per heavy atom. The van der Waals surface area contributed by atoms with Crippen LogP contribution in [0, 0.1) is 16.7 Å². The first kappa shape index (κ1) is 9.00. The van der Waals surface area contributed by atoms with E-state index in [1.165, 1.54) is 32.1 Å². The second kappa shape index (κ2) is 2.87. The molecule has 0 aromatic heterocycles. The third kappa shape index (κ3) is 0.951. The summed E-state index contributed by atoms with van der Waals surface area (Å²) in [4.78, 5) is 0. The molecule has 3 aliphatic rings. The van der Waals surface area contributed by atoms with Crippen LogP contribution in [0.2, 0.25) is 0 Å². The summed E-state index contributed by atoms with van der Waals surface area (Å²) >= 11 is 0. The first-order chi connectivity index (χ1) is 6.83. The smallest absolute Gasteiger partial charge is 0.0204 e. The van der Waals surface area contributed by atoms with Gasteiger partial charge in [0.1, 0.15) is 0 Å². The molecule has 0 heterocycles. The maximum absolute atomic E-state index is 2.44. The number of rotatable bonds is 3. The molecule has 0 aliphatic heterocycles. The van der Waals surface area contributed by atoms with Crippen LogP contribution >= 0.6 is 0 Å². The Hall–Kier alpha value is -0.260. The Morgan fingerprint density at radius 2 is 2.00 bits per heavy atom. The molecule has 14 heavy (non-hydrogen) atoms. The van der Waals surface area contributed by atoms with E-state index in [4.69, 9.17) is 0 Å². The number of hydrogen-bond acceptors (Lipinski definition) is 0. The third-order valence-electron chi connectivity index (χ3n) is 5.53. The van der Waals surface area contributed by atoms with Crippen LogP contribution in [0.1, 0.15) is 58.3 Å². The monoisotopic (exact) mass is 190 g/mol. The molecule has 0 spiro atoms. The van der Waals surface area contributed by atoms with E-state index in [-0.39, 0.29) is 0 Å². The van der Waals surface area contributed by atoms with Crippen LogP contribution in [0.3, 0.4) is 0 Å². The van der Waals surface area contributed by atoms with Gasteiger partial charge in [-0.05, 0) is 62.2 Å². The lowest BCUT2D eigenvalue weighted by molar-refractivity contribution is 0.0672. The van der Waals surface area contributed by atoms with E-state index in [1.54, 1.807) is 19.3 Å². The molecule has 0 heteroatoms. The largest absolute Gasteiger partial charge is 0.0916 e. The van der Waals surface area contributed by atoms with Crippen LogP contribution in [-0.4, -0.2) is 0 Å². The Bertz CT molecular complexity index is 253. The topological polar surface area (TPSA) is 0 Å². The van der Waals surface area contributed by atoms with Gasteiger partial charge in [0.25, 0.3) is 0 Å². The van der Waals surface area contributed by atoms with E-state index >= 15 is 0 Å². The highest BCUT2D eigenvalue weighted by atomic mass is 14.7. The Labute approximate surface area is 87.8 Å². The summed E-state index contributed by atoms with van der Waals surface area (Å²) in [6.07, 6.45) is 16.9. The van der Waals surface area contributed by atoms with Crippen molar-refractivity contribution in [1.29, 1.82) is 0 Å². The molecule has 3 fully saturated rings. The zero-order valence-corrected chi connectivity index (χ0v) is 9.39. The average molecular weight is 190 g/mol. The SMILES string of the molecule is CC=CCC1(C23CCC2C3)CCCC1. The lowest BCUT2D eigenvalue weighted by atomic mass is 9.61. The van der Waals surface area contributed by atoms with E-state index in [0.717, 1.165) is 16.7 Å². The van der Waals surface area contributed by atoms with E-state index in [1.807, 2.05) is 0 Å². The third-order valence-corrected chi connectivity index (χ3v) is 5.53. The van der Waals surface area contributed by atoms with Gasteiger partial charge in [0.2, 0.25) is 0 Å². The second-order valence-electron chi connectivity index (χ2n) is 5.86. The van der Waals surface area contributed by atoms with Crippen molar-refractivity contribution in [3.8, 4) is 0 Å². The van der Waals surface area contributed by atoms with Gasteiger partial charge in [-0.2, -0.15) is 0 Å². The molecule has 2 atom stereocenters. The predicted molar refractivity (Wildman–Crippen MR) is 60.1 cm³/mol. The molecule has 2 unspecified atom stereocenters. The summed E-state index contributed by atoms with van der Waals surface area (Å²) < 4.78 is 0. The zero-order chi connectivity index (χ0) is 9.65. The van der Waals surface area contributed by atoms with Crippen molar-refractivity contribution in [1.82, 2.24) is 0 Å². The fraction of sp³-hybridized carbons (Fsp3) is 0.857. The van der Waals surface area contributed by atoms with Crippen molar-refractivity contribution in [2.75, 3.05) is 0 Å². The van der Waals surface area contributed by atoms with E-state index in [9.17, 15) is 0 Å². The highest BCUT2D eigenvalue weighted by Gasteiger charge is 2.70. The van der Waals surface area contributed by atoms with E-state index in [2.05, 4.69) is 19.1 Å². The maximum atomic E-state index is 2.44. The predicted octanol–water partition coefficient (Wildman–Crippen LogP) is 4.31. The Morgan fingerprint density at radius 1 is 1.21 bits per heavy atom. The van der Waals surface area contributed by atoms with Gasteiger partial charge in [0.15, 0.2) is 0 Å². The summed E-state index contributed by atoms with van der Waals surface area (Å²) in [6, 6.07) is 0. The van der Waals surface area contributed by atoms with Crippen LogP contribution < -0.4 is 0 Å². The molecule has 0 aromatic carbocycles. The molecular weight excluding hydrogens is 168 g/mol. The van der Waals surface area contributed by atoms with Crippen molar-refractivity contribution >= 4 is 0 Å². The van der Waals surface area contributed by atoms with Gasteiger partial charge in [-0.25, -0.2) is 0 Å². The summed E-state index contributed by atoms with van der Waals surface area (Å²) in [5.41, 5.74) is 1.63. The van der Waals surface area contributed by atoms with E-state index < -0.39 is 0 Å². The molecule has 0 amide bonds. The Balaban J connectivity index is 1.81. The Kier molecular flexibility index (Phi) is 1.84. The van der Waals surface area contributed by atoms with Gasteiger partial charge in [-0.15, -0.1) is 0 Å². The standard InChI is InChI=1S/C14H22/c1-2-3-7-13(8-4-5-9-13)14-10-6-12(14)11-14/h2-3,12H,4-11H2,1H3. The van der Waals surface area contributed by atoms with Crippen molar-refractivity contribution in [3.63, 3.8) is 0 Å². The number of hydrogen-bond donors (Lipinski definition) is 0. The molecular formula is C14H22. The van der Waals surface area contributed by atoms with Crippen molar-refractivity contribution in [2.24, 2.45) is 16.7 Å². The first-order valence-electron chi connectivity index (χ1n) is 6.44. The highest BCUT2D eigenvalue weighted by molar-refractivity contribution is 5.21. The van der Waals surface area contributed by atoms with Gasteiger partial charge in [0.05, 0.1) is 0 Å². The van der Waals surface area contributed by atoms with Crippen LogP contribution in [0.4, 0.5) is 0 Å². The quantitative estimate of drug-likeness (QED) is 0.582. The molecule has 0 N–H and O–H groups in total. The molecule has 0 bridgehead atoms. The average Bonchev–Trinajstić information content (AvgIpc) is 2.61. The normalized spacial score (nSPS) is 43.6. The minimum Gasteiger partial charge on any atom is -0.0916 e. The molecule has 0 saturated heterocycles. The van der Waals surface area contributed by atoms with Gasteiger partial charge in [0, 0.05) is 0 Å². The first-order valence-corrected chi connectivity index (χ1v) is 6.44. The molecule has 0 nitrogen and oxygen atoms in total. The lowest BCUT2D eigenvalue weighted by Gasteiger charge is -2.43. The van der Waals surface area contributed by atoms with Crippen LogP contribution in [0.15, 0.2) is 12.2 Å². The lowest BCUT2D eigenvalue weighted by Crippen LogP contribution is -2.35. The fourth-order valence-corrected chi connectivity index (χ4v) is 4.50. The second-order valence-corrected chi connectivity index (χ2v) is 5.86. The minimum atomic E-state index is 0.766. The molecule has 3 aliphatic carbocycles. The van der Waals surface area contributed by atoms with Crippen molar-refractivity contribution in [3.05, 3.63) is 12.2 Å².